The Hall–Kier alpha value is -6.88. The molecular formula is C46H26. The van der Waals surface area contributed by atoms with E-state index < -0.39 is 0 Å². The Labute approximate surface area is 271 Å². The van der Waals surface area contributed by atoms with Gasteiger partial charge < -0.3 is 0 Å². The van der Waals surface area contributed by atoms with Gasteiger partial charge in [-0.25, -0.2) is 0 Å². The molecule has 0 nitrogen and oxygen atoms in total. The Bertz CT molecular complexity index is 2150. The average Bonchev–Trinajstić information content (AvgIpc) is 3.12. The second-order valence-electron chi connectivity index (χ2n) is 10.3. The zero-order valence-corrected chi connectivity index (χ0v) is 25.0. The highest BCUT2D eigenvalue weighted by atomic mass is 14.0. The van der Waals surface area contributed by atoms with Crippen LogP contribution in [0.3, 0.4) is 0 Å². The molecule has 0 atom stereocenters. The van der Waals surface area contributed by atoms with Crippen molar-refractivity contribution in [3.63, 3.8) is 0 Å². The van der Waals surface area contributed by atoms with Gasteiger partial charge in [0.25, 0.3) is 0 Å². The molecule has 0 radical (unpaired) electrons. The molecule has 0 aliphatic carbocycles. The second-order valence-corrected chi connectivity index (χ2v) is 10.3. The number of hydrogen-bond donors (Lipinski definition) is 0. The predicted octanol–water partition coefficient (Wildman–Crippen LogP) is 8.69. The first-order valence-electron chi connectivity index (χ1n) is 14.9. The Morgan fingerprint density at radius 3 is 0.565 bits per heavy atom. The van der Waals surface area contributed by atoms with E-state index in [-0.39, 0.29) is 0 Å². The van der Waals surface area contributed by atoms with Crippen molar-refractivity contribution in [2.75, 3.05) is 0 Å². The van der Waals surface area contributed by atoms with Crippen LogP contribution in [0.1, 0.15) is 55.6 Å². The van der Waals surface area contributed by atoms with Gasteiger partial charge in [0.2, 0.25) is 0 Å². The SMILES string of the molecule is C(#Cc1cccc(C#Cc2cccc(C#Cc3cccc(C#Cc4cccc(C#Cc5ccccc5)c4)c3)c2)c1)c1ccccc1. The normalized spacial score (nSPS) is 9.30. The minimum atomic E-state index is 0.902. The smallest absolute Gasteiger partial charge is 0.0261 e. The summed E-state index contributed by atoms with van der Waals surface area (Å²) in [7, 11) is 0. The van der Waals surface area contributed by atoms with Crippen LogP contribution in [0.25, 0.3) is 0 Å². The van der Waals surface area contributed by atoms with E-state index in [1.807, 2.05) is 158 Å². The summed E-state index contributed by atoms with van der Waals surface area (Å²) in [5, 5.41) is 0. The quantitative estimate of drug-likeness (QED) is 0.158. The monoisotopic (exact) mass is 578 g/mol. The standard InChI is InChI=1S/C46H26/c1-3-11-37(12-4-1)23-25-39-15-7-17-41(33-39)27-29-43-19-9-21-45(35-43)31-32-46-22-10-20-44(36-46)30-28-42-18-8-16-40(34-42)26-24-38-13-5-2-6-14-38/h1-22,33-36H. The van der Waals surface area contributed by atoms with Gasteiger partial charge >= 0.3 is 0 Å². The highest BCUT2D eigenvalue weighted by Gasteiger charge is 1.95. The van der Waals surface area contributed by atoms with Crippen LogP contribution in [0.2, 0.25) is 0 Å². The van der Waals surface area contributed by atoms with Gasteiger partial charge in [-0.05, 0) is 97.1 Å². The van der Waals surface area contributed by atoms with Gasteiger partial charge in [-0.2, -0.15) is 0 Å². The van der Waals surface area contributed by atoms with Crippen molar-refractivity contribution in [2.24, 2.45) is 0 Å². The maximum atomic E-state index is 3.28. The summed E-state index contributed by atoms with van der Waals surface area (Å²) >= 11 is 0. The number of rotatable bonds is 0. The Morgan fingerprint density at radius 1 is 0.174 bits per heavy atom. The van der Waals surface area contributed by atoms with Crippen LogP contribution in [0.5, 0.6) is 0 Å². The number of hydrogen-bond acceptors (Lipinski definition) is 0. The van der Waals surface area contributed by atoms with E-state index in [9.17, 15) is 0 Å². The van der Waals surface area contributed by atoms with Crippen LogP contribution in [0, 0.1) is 59.2 Å². The minimum absolute atomic E-state index is 0.902. The third-order valence-corrected chi connectivity index (χ3v) is 6.75. The van der Waals surface area contributed by atoms with Gasteiger partial charge in [-0.15, -0.1) is 0 Å². The lowest BCUT2D eigenvalue weighted by molar-refractivity contribution is 1.56. The van der Waals surface area contributed by atoms with Crippen LogP contribution >= 0.6 is 0 Å². The minimum Gasteiger partial charge on any atom is -0.0622 e. The van der Waals surface area contributed by atoms with Crippen molar-refractivity contribution in [3.8, 4) is 59.2 Å². The summed E-state index contributed by atoms with van der Waals surface area (Å²) in [5.41, 5.74) is 9.30. The fourth-order valence-corrected chi connectivity index (χ4v) is 4.46. The van der Waals surface area contributed by atoms with Gasteiger partial charge in [0.1, 0.15) is 0 Å². The lowest BCUT2D eigenvalue weighted by Crippen LogP contribution is -1.82. The molecule has 0 bridgehead atoms. The van der Waals surface area contributed by atoms with Gasteiger partial charge in [0.15, 0.2) is 0 Å². The molecule has 6 rings (SSSR count). The first kappa shape index (κ1) is 29.2. The first-order valence-corrected chi connectivity index (χ1v) is 14.9. The average molecular weight is 579 g/mol. The molecule has 0 spiro atoms. The van der Waals surface area contributed by atoms with Crippen LogP contribution in [-0.2, 0) is 0 Å². The molecule has 6 aromatic carbocycles. The maximum absolute atomic E-state index is 3.28. The highest BCUT2D eigenvalue weighted by Crippen LogP contribution is 2.09. The third kappa shape index (κ3) is 8.82. The first-order chi connectivity index (χ1) is 22.7. The molecule has 0 heterocycles. The number of benzene rings is 6. The van der Waals surface area contributed by atoms with E-state index >= 15 is 0 Å². The van der Waals surface area contributed by atoms with Crippen LogP contribution in [0.4, 0.5) is 0 Å². The summed E-state index contributed by atoms with van der Waals surface area (Å²) in [6.45, 7) is 0. The van der Waals surface area contributed by atoms with E-state index in [2.05, 4.69) is 59.2 Å². The summed E-state index contributed by atoms with van der Waals surface area (Å²) in [6.07, 6.45) is 0. The van der Waals surface area contributed by atoms with Gasteiger partial charge in [0.05, 0.1) is 0 Å². The van der Waals surface area contributed by atoms with Gasteiger partial charge in [-0.3, -0.25) is 0 Å². The molecule has 0 saturated heterocycles. The molecule has 46 heavy (non-hydrogen) atoms. The Balaban J connectivity index is 1.13. The molecule has 6 aromatic rings. The van der Waals surface area contributed by atoms with Crippen molar-refractivity contribution < 1.29 is 0 Å². The van der Waals surface area contributed by atoms with Gasteiger partial charge in [0, 0.05) is 55.6 Å². The van der Waals surface area contributed by atoms with E-state index in [4.69, 9.17) is 0 Å². The van der Waals surface area contributed by atoms with Gasteiger partial charge in [-0.1, -0.05) is 120 Å². The van der Waals surface area contributed by atoms with E-state index in [1.54, 1.807) is 0 Å². The molecule has 210 valence electrons. The van der Waals surface area contributed by atoms with Crippen molar-refractivity contribution >= 4 is 0 Å². The fourth-order valence-electron chi connectivity index (χ4n) is 4.46. The predicted molar refractivity (Wildman–Crippen MR) is 189 cm³/mol. The summed E-state index contributed by atoms with van der Waals surface area (Å²) < 4.78 is 0. The summed E-state index contributed by atoms with van der Waals surface area (Å²) in [5.74, 6) is 32.5. The molecule has 0 saturated carbocycles. The maximum Gasteiger partial charge on any atom is 0.0261 e. The lowest BCUT2D eigenvalue weighted by atomic mass is 10.1. The zero-order valence-electron chi connectivity index (χ0n) is 25.0. The van der Waals surface area contributed by atoms with E-state index in [0.29, 0.717) is 0 Å². The molecule has 0 N–H and O–H groups in total. The molecule has 0 heteroatoms. The van der Waals surface area contributed by atoms with E-state index in [0.717, 1.165) is 55.6 Å². The molecular weight excluding hydrogens is 553 g/mol. The van der Waals surface area contributed by atoms with Crippen molar-refractivity contribution in [1.29, 1.82) is 0 Å². The molecule has 0 unspecified atom stereocenters. The van der Waals surface area contributed by atoms with Crippen molar-refractivity contribution in [2.45, 2.75) is 0 Å². The van der Waals surface area contributed by atoms with Crippen molar-refractivity contribution in [3.05, 3.63) is 213 Å². The third-order valence-electron chi connectivity index (χ3n) is 6.75. The molecule has 0 aromatic heterocycles. The Kier molecular flexibility index (Phi) is 9.54. The molecule has 0 aliphatic heterocycles. The Morgan fingerprint density at radius 2 is 0.348 bits per heavy atom. The van der Waals surface area contributed by atoms with E-state index in [1.165, 1.54) is 0 Å². The summed E-state index contributed by atoms with van der Waals surface area (Å²) in [4.78, 5) is 0. The molecule has 0 amide bonds. The van der Waals surface area contributed by atoms with Crippen LogP contribution in [-0.4, -0.2) is 0 Å². The highest BCUT2D eigenvalue weighted by molar-refractivity contribution is 5.54. The molecule has 0 aliphatic rings. The van der Waals surface area contributed by atoms with Crippen LogP contribution < -0.4 is 0 Å². The van der Waals surface area contributed by atoms with Crippen LogP contribution in [0.15, 0.2) is 158 Å². The zero-order chi connectivity index (χ0) is 31.2. The largest absolute Gasteiger partial charge is 0.0622 e. The van der Waals surface area contributed by atoms with Crippen molar-refractivity contribution in [1.82, 2.24) is 0 Å². The topological polar surface area (TPSA) is 0 Å². The molecule has 0 fully saturated rings. The summed E-state index contributed by atoms with van der Waals surface area (Å²) in [6, 6.07) is 51.9. The lowest BCUT2D eigenvalue weighted by Gasteiger charge is -1.96. The fraction of sp³-hybridized carbons (Fsp3) is 0. The second kappa shape index (κ2) is 15.0.